The lowest BCUT2D eigenvalue weighted by molar-refractivity contribution is -0.138. The van der Waals surface area contributed by atoms with Crippen LogP contribution < -0.4 is 4.72 Å². The lowest BCUT2D eigenvalue weighted by Crippen LogP contribution is -2.37. The Kier molecular flexibility index (Phi) is 8.05. The number of nitrogens with zero attached hydrogens (tertiary/aromatic N) is 1. The molecule has 2 N–H and O–H groups in total. The van der Waals surface area contributed by atoms with Crippen molar-refractivity contribution in [2.45, 2.75) is 38.5 Å². The maximum atomic E-state index is 12.4. The largest absolute Gasteiger partial charge is 0.481 e. The average molecular weight is 370 g/mol. The number of carboxylic acids is 1. The average Bonchev–Trinajstić information content (AvgIpc) is 2.51. The molecule has 0 aliphatic carbocycles. The molecule has 0 heterocycles. The van der Waals surface area contributed by atoms with Crippen LogP contribution in [0.25, 0.3) is 0 Å². The van der Waals surface area contributed by atoms with Gasteiger partial charge in [0.2, 0.25) is 15.9 Å². The summed E-state index contributed by atoms with van der Waals surface area (Å²) in [4.78, 5) is 24.9. The molecule has 0 saturated carbocycles. The van der Waals surface area contributed by atoms with Crippen LogP contribution in [0.4, 0.5) is 0 Å². The van der Waals surface area contributed by atoms with Crippen molar-refractivity contribution in [2.75, 3.05) is 19.6 Å². The zero-order chi connectivity index (χ0) is 19.0. The summed E-state index contributed by atoms with van der Waals surface area (Å²) in [5.74, 6) is -0.887. The lowest BCUT2D eigenvalue weighted by atomic mass is 10.1. The van der Waals surface area contributed by atoms with Crippen molar-refractivity contribution in [2.24, 2.45) is 5.92 Å². The summed E-state index contributed by atoms with van der Waals surface area (Å²) in [6.07, 6.45) is 0.00615. The molecule has 0 radical (unpaired) electrons. The SMILES string of the molecule is CCNS(=O)(=O)c1ccc(CC(=O)N(CCC(=O)O)CC(C)C)cc1. The minimum Gasteiger partial charge on any atom is -0.481 e. The molecule has 0 unspecified atom stereocenters. The van der Waals surface area contributed by atoms with Crippen LogP contribution in [0.2, 0.25) is 0 Å². The number of amides is 1. The number of carboxylic acid groups (broad SMARTS) is 1. The number of carbonyl (C=O) groups excluding carboxylic acids is 1. The van der Waals surface area contributed by atoms with Gasteiger partial charge in [-0.15, -0.1) is 0 Å². The standard InChI is InChI=1S/C17H26N2O5S/c1-4-18-25(23,24)15-7-5-14(6-8-15)11-16(20)19(12-13(2)3)10-9-17(21)22/h5-8,13,18H,4,9-12H2,1-3H3,(H,21,22). The number of carbonyl (C=O) groups is 2. The summed E-state index contributed by atoms with van der Waals surface area (Å²) < 4.78 is 26.2. The van der Waals surface area contributed by atoms with Crippen molar-refractivity contribution in [3.05, 3.63) is 29.8 Å². The Morgan fingerprint density at radius 1 is 1.20 bits per heavy atom. The van der Waals surface area contributed by atoms with Crippen LogP contribution in [0.15, 0.2) is 29.2 Å². The summed E-state index contributed by atoms with van der Waals surface area (Å²) in [5.41, 5.74) is 0.685. The minimum atomic E-state index is -3.52. The van der Waals surface area contributed by atoms with Crippen molar-refractivity contribution >= 4 is 21.9 Å². The Morgan fingerprint density at radius 2 is 1.80 bits per heavy atom. The minimum absolute atomic E-state index is 0.0989. The molecule has 1 rings (SSSR count). The molecule has 25 heavy (non-hydrogen) atoms. The number of benzene rings is 1. The Morgan fingerprint density at radius 3 is 2.28 bits per heavy atom. The van der Waals surface area contributed by atoms with Gasteiger partial charge in [0, 0.05) is 19.6 Å². The van der Waals surface area contributed by atoms with Crippen LogP contribution in [0.1, 0.15) is 32.8 Å². The maximum absolute atomic E-state index is 12.4. The number of rotatable bonds is 10. The summed E-state index contributed by atoms with van der Waals surface area (Å²) in [7, 11) is -3.52. The number of hydrogen-bond acceptors (Lipinski definition) is 4. The smallest absolute Gasteiger partial charge is 0.305 e. The zero-order valence-corrected chi connectivity index (χ0v) is 15.7. The Hall–Kier alpha value is -1.93. The number of nitrogens with one attached hydrogen (secondary N) is 1. The van der Waals surface area contributed by atoms with Gasteiger partial charge in [-0.2, -0.15) is 0 Å². The fraction of sp³-hybridized carbons (Fsp3) is 0.529. The van der Waals surface area contributed by atoms with Gasteiger partial charge in [0.05, 0.1) is 17.7 Å². The first kappa shape index (κ1) is 21.1. The molecule has 0 aliphatic rings. The quantitative estimate of drug-likeness (QED) is 0.649. The van der Waals surface area contributed by atoms with Gasteiger partial charge in [0.25, 0.3) is 0 Å². The van der Waals surface area contributed by atoms with Gasteiger partial charge in [0.1, 0.15) is 0 Å². The van der Waals surface area contributed by atoms with E-state index >= 15 is 0 Å². The topological polar surface area (TPSA) is 104 Å². The molecule has 1 amide bonds. The highest BCUT2D eigenvalue weighted by Crippen LogP contribution is 2.12. The van der Waals surface area contributed by atoms with E-state index in [0.717, 1.165) is 0 Å². The van der Waals surface area contributed by atoms with Crippen molar-refractivity contribution in [3.8, 4) is 0 Å². The van der Waals surface area contributed by atoms with Crippen LogP contribution in [-0.4, -0.2) is 49.9 Å². The number of aliphatic carboxylic acids is 1. The van der Waals surface area contributed by atoms with Gasteiger partial charge in [0.15, 0.2) is 0 Å². The van der Waals surface area contributed by atoms with Crippen molar-refractivity contribution < 1.29 is 23.1 Å². The van der Waals surface area contributed by atoms with Crippen LogP contribution in [-0.2, 0) is 26.0 Å². The van der Waals surface area contributed by atoms with Gasteiger partial charge in [-0.05, 0) is 23.6 Å². The first-order valence-electron chi connectivity index (χ1n) is 8.24. The van der Waals surface area contributed by atoms with Crippen molar-refractivity contribution in [1.82, 2.24) is 9.62 Å². The van der Waals surface area contributed by atoms with Crippen LogP contribution in [0.3, 0.4) is 0 Å². The Bertz CT molecular complexity index is 683. The summed E-state index contributed by atoms with van der Waals surface area (Å²) in [6.45, 7) is 6.57. The van der Waals surface area contributed by atoms with E-state index in [0.29, 0.717) is 18.7 Å². The van der Waals surface area contributed by atoms with Crippen molar-refractivity contribution in [3.63, 3.8) is 0 Å². The third kappa shape index (κ3) is 7.23. The monoisotopic (exact) mass is 370 g/mol. The Balaban J connectivity index is 2.80. The summed E-state index contributed by atoms with van der Waals surface area (Å²) in [5, 5.41) is 8.82. The van der Waals surface area contributed by atoms with Crippen LogP contribution in [0.5, 0.6) is 0 Å². The lowest BCUT2D eigenvalue weighted by Gasteiger charge is -2.24. The highest BCUT2D eigenvalue weighted by atomic mass is 32.2. The van der Waals surface area contributed by atoms with Crippen LogP contribution in [0, 0.1) is 5.92 Å². The third-order valence-electron chi connectivity index (χ3n) is 3.46. The van der Waals surface area contributed by atoms with E-state index in [-0.39, 0.29) is 36.1 Å². The molecule has 7 nitrogen and oxygen atoms in total. The highest BCUT2D eigenvalue weighted by Gasteiger charge is 2.17. The van der Waals surface area contributed by atoms with E-state index in [1.54, 1.807) is 24.0 Å². The van der Waals surface area contributed by atoms with E-state index in [4.69, 9.17) is 5.11 Å². The molecular formula is C17H26N2O5S. The predicted octanol–water partition coefficient (Wildman–Crippen LogP) is 1.49. The zero-order valence-electron chi connectivity index (χ0n) is 14.9. The molecule has 0 aromatic heterocycles. The first-order chi connectivity index (χ1) is 11.7. The Labute approximate surface area is 149 Å². The molecule has 0 bridgehead atoms. The molecule has 1 aromatic rings. The fourth-order valence-corrected chi connectivity index (χ4v) is 3.38. The second-order valence-corrected chi connectivity index (χ2v) is 7.97. The maximum Gasteiger partial charge on any atom is 0.305 e. The fourth-order valence-electron chi connectivity index (χ4n) is 2.34. The molecule has 140 valence electrons. The molecular weight excluding hydrogens is 344 g/mol. The molecule has 8 heteroatoms. The summed E-state index contributed by atoms with van der Waals surface area (Å²) in [6, 6.07) is 6.13. The second-order valence-electron chi connectivity index (χ2n) is 6.20. The van der Waals surface area contributed by atoms with Gasteiger partial charge < -0.3 is 10.0 Å². The number of hydrogen-bond donors (Lipinski definition) is 2. The molecule has 0 saturated heterocycles. The van der Waals surface area contributed by atoms with Gasteiger partial charge in [-0.1, -0.05) is 32.9 Å². The predicted molar refractivity (Wildman–Crippen MR) is 94.7 cm³/mol. The normalized spacial score (nSPS) is 11.5. The molecule has 0 spiro atoms. The summed E-state index contributed by atoms with van der Waals surface area (Å²) >= 11 is 0. The van der Waals surface area contributed by atoms with E-state index in [1.165, 1.54) is 12.1 Å². The van der Waals surface area contributed by atoms with Crippen molar-refractivity contribution in [1.29, 1.82) is 0 Å². The molecule has 1 aromatic carbocycles. The first-order valence-corrected chi connectivity index (χ1v) is 9.72. The number of sulfonamides is 1. The van der Waals surface area contributed by atoms with E-state index in [2.05, 4.69) is 4.72 Å². The van der Waals surface area contributed by atoms with E-state index < -0.39 is 16.0 Å². The highest BCUT2D eigenvalue weighted by molar-refractivity contribution is 7.89. The molecule has 0 atom stereocenters. The molecule has 0 aliphatic heterocycles. The third-order valence-corrected chi connectivity index (χ3v) is 5.02. The van der Waals surface area contributed by atoms with Gasteiger partial charge in [-0.3, -0.25) is 9.59 Å². The van der Waals surface area contributed by atoms with E-state index in [9.17, 15) is 18.0 Å². The van der Waals surface area contributed by atoms with E-state index in [1.807, 2.05) is 13.8 Å². The van der Waals surface area contributed by atoms with Gasteiger partial charge in [-0.25, -0.2) is 13.1 Å². The second kappa shape index (κ2) is 9.53. The van der Waals surface area contributed by atoms with Crippen LogP contribution >= 0.6 is 0 Å². The van der Waals surface area contributed by atoms with Gasteiger partial charge >= 0.3 is 5.97 Å². The molecule has 0 fully saturated rings.